The topological polar surface area (TPSA) is 63.2 Å². The van der Waals surface area contributed by atoms with Gasteiger partial charge in [0.1, 0.15) is 5.75 Å². The summed E-state index contributed by atoms with van der Waals surface area (Å²) in [6, 6.07) is 7.73. The molecule has 2 aromatic rings. The molecule has 2 N–H and O–H groups in total. The Morgan fingerprint density at radius 2 is 1.96 bits per heavy atom. The molecular formula is C19H25N3O2S. The molecule has 5 nitrogen and oxygen atoms in total. The fraction of sp³-hybridized carbons (Fsp3) is 0.474. The van der Waals surface area contributed by atoms with Gasteiger partial charge >= 0.3 is 0 Å². The number of aryl methyl sites for hydroxylation is 2. The van der Waals surface area contributed by atoms with Crippen molar-refractivity contribution in [2.24, 2.45) is 0 Å². The zero-order valence-electron chi connectivity index (χ0n) is 15.0. The van der Waals surface area contributed by atoms with Crippen LogP contribution in [-0.4, -0.2) is 29.6 Å². The largest absolute Gasteiger partial charge is 0.477 e. The minimum atomic E-state index is -0.833. The van der Waals surface area contributed by atoms with Crippen LogP contribution in [0.1, 0.15) is 42.1 Å². The number of carbonyl (C=O) groups excluding carboxylic acids is 1. The van der Waals surface area contributed by atoms with E-state index in [1.807, 2.05) is 50.4 Å². The maximum atomic E-state index is 13.1. The summed E-state index contributed by atoms with van der Waals surface area (Å²) in [7, 11) is 0. The molecule has 1 atom stereocenters. The molecule has 0 unspecified atom stereocenters. The Morgan fingerprint density at radius 1 is 1.28 bits per heavy atom. The van der Waals surface area contributed by atoms with E-state index in [0.717, 1.165) is 29.5 Å². The minimum absolute atomic E-state index is 0.0623. The molecule has 0 spiro atoms. The number of aromatic nitrogens is 1. The number of benzene rings is 1. The van der Waals surface area contributed by atoms with E-state index in [1.165, 1.54) is 5.56 Å². The predicted octanol–water partition coefficient (Wildman–Crippen LogP) is 3.14. The quantitative estimate of drug-likeness (QED) is 0.861. The number of ether oxygens (including phenoxy) is 1. The Bertz CT molecular complexity index is 721. The lowest BCUT2D eigenvalue weighted by atomic mass is 9.90. The van der Waals surface area contributed by atoms with Crippen LogP contribution in [0.15, 0.2) is 29.6 Å². The Labute approximate surface area is 152 Å². The number of hydrogen-bond acceptors (Lipinski definition) is 5. The summed E-state index contributed by atoms with van der Waals surface area (Å²) >= 11 is 1.59. The minimum Gasteiger partial charge on any atom is -0.477 e. The molecule has 1 aliphatic heterocycles. The number of nitrogens with zero attached hydrogens (tertiary/aromatic N) is 1. The molecular weight excluding hydrogens is 334 g/mol. The Kier molecular flexibility index (Phi) is 5.39. The molecule has 1 saturated heterocycles. The molecule has 1 aliphatic rings. The number of piperidine rings is 1. The van der Waals surface area contributed by atoms with Crippen LogP contribution >= 0.6 is 11.3 Å². The third-order valence-electron chi connectivity index (χ3n) is 4.59. The first-order valence-electron chi connectivity index (χ1n) is 8.68. The molecule has 1 amide bonds. The normalized spacial score (nSPS) is 17.7. The van der Waals surface area contributed by atoms with Crippen LogP contribution in [-0.2, 0) is 4.79 Å². The van der Waals surface area contributed by atoms with E-state index in [9.17, 15) is 4.79 Å². The lowest BCUT2D eigenvalue weighted by molar-refractivity contribution is -0.140. The third kappa shape index (κ3) is 4.19. The van der Waals surface area contributed by atoms with Crippen LogP contribution in [0.2, 0.25) is 0 Å². The van der Waals surface area contributed by atoms with Crippen molar-refractivity contribution in [2.75, 3.05) is 13.1 Å². The summed E-state index contributed by atoms with van der Waals surface area (Å²) in [5.74, 6) is 0.674. The average Bonchev–Trinajstić information content (AvgIpc) is 3.04. The molecule has 25 heavy (non-hydrogen) atoms. The van der Waals surface area contributed by atoms with Gasteiger partial charge in [-0.2, -0.15) is 0 Å². The highest BCUT2D eigenvalue weighted by atomic mass is 32.1. The number of thiazole rings is 1. The molecule has 0 saturated carbocycles. The molecule has 6 heteroatoms. The first-order chi connectivity index (χ1) is 12.0. The highest BCUT2D eigenvalue weighted by Crippen LogP contribution is 2.28. The highest BCUT2D eigenvalue weighted by molar-refractivity contribution is 7.09. The maximum absolute atomic E-state index is 13.1. The number of nitrogens with one attached hydrogen (secondary N) is 2. The van der Waals surface area contributed by atoms with Gasteiger partial charge in [-0.25, -0.2) is 4.98 Å². The molecule has 0 aliphatic carbocycles. The van der Waals surface area contributed by atoms with Crippen molar-refractivity contribution >= 4 is 17.2 Å². The van der Waals surface area contributed by atoms with Crippen molar-refractivity contribution in [1.82, 2.24) is 15.6 Å². The van der Waals surface area contributed by atoms with E-state index < -0.39 is 5.60 Å². The predicted molar refractivity (Wildman–Crippen MR) is 100 cm³/mol. The van der Waals surface area contributed by atoms with Crippen LogP contribution in [0.4, 0.5) is 0 Å². The van der Waals surface area contributed by atoms with Crippen LogP contribution in [0, 0.1) is 13.8 Å². The van der Waals surface area contributed by atoms with Crippen molar-refractivity contribution in [3.05, 3.63) is 45.9 Å². The summed E-state index contributed by atoms with van der Waals surface area (Å²) in [5.41, 5.74) is 1.23. The summed E-state index contributed by atoms with van der Waals surface area (Å²) in [6.07, 6.45) is 1.30. The molecule has 2 heterocycles. The Hall–Kier alpha value is -1.92. The summed E-state index contributed by atoms with van der Waals surface area (Å²) in [5, 5.41) is 9.41. The van der Waals surface area contributed by atoms with E-state index in [1.54, 1.807) is 11.3 Å². The lowest BCUT2D eigenvalue weighted by Crippen LogP contribution is -2.57. The SMILES string of the molecule is Cc1ccc(OC2(C(=O)N[C@H](C)c3csc(C)n3)CCNCC2)cc1. The summed E-state index contributed by atoms with van der Waals surface area (Å²) in [6.45, 7) is 7.51. The fourth-order valence-electron chi connectivity index (χ4n) is 3.02. The second-order valence-corrected chi connectivity index (χ2v) is 7.71. The van der Waals surface area contributed by atoms with Crippen molar-refractivity contribution in [2.45, 2.75) is 45.3 Å². The van der Waals surface area contributed by atoms with Gasteiger partial charge in [-0.15, -0.1) is 11.3 Å². The summed E-state index contributed by atoms with van der Waals surface area (Å²) in [4.78, 5) is 17.6. The second kappa shape index (κ2) is 7.54. The van der Waals surface area contributed by atoms with E-state index in [0.29, 0.717) is 12.8 Å². The first-order valence-corrected chi connectivity index (χ1v) is 9.56. The van der Waals surface area contributed by atoms with E-state index in [4.69, 9.17) is 4.74 Å². The van der Waals surface area contributed by atoms with Gasteiger partial charge in [0.25, 0.3) is 5.91 Å². The standard InChI is InChI=1S/C19H25N3O2S/c1-13-4-6-16(7-5-13)24-19(8-10-20-11-9-19)18(23)21-14(2)17-12-25-15(3)22-17/h4-7,12,14,20H,8-11H2,1-3H3,(H,21,23)/t14-/m1/s1. The molecule has 134 valence electrons. The molecule has 3 rings (SSSR count). The fourth-order valence-corrected chi connectivity index (χ4v) is 3.73. The number of hydrogen-bond donors (Lipinski definition) is 2. The van der Waals surface area contributed by atoms with Gasteiger partial charge in [0.2, 0.25) is 0 Å². The van der Waals surface area contributed by atoms with Gasteiger partial charge in [-0.3, -0.25) is 4.79 Å². The smallest absolute Gasteiger partial charge is 0.264 e. The van der Waals surface area contributed by atoms with E-state index in [2.05, 4.69) is 15.6 Å². The van der Waals surface area contributed by atoms with E-state index >= 15 is 0 Å². The van der Waals surface area contributed by atoms with Gasteiger partial charge in [0.05, 0.1) is 16.7 Å². The van der Waals surface area contributed by atoms with E-state index in [-0.39, 0.29) is 11.9 Å². The van der Waals surface area contributed by atoms with Crippen molar-refractivity contribution in [3.8, 4) is 5.75 Å². The van der Waals surface area contributed by atoms with Gasteiger partial charge in [-0.05, 0) is 46.0 Å². The average molecular weight is 359 g/mol. The van der Waals surface area contributed by atoms with Crippen LogP contribution in [0.25, 0.3) is 0 Å². The molecule has 1 aromatic carbocycles. The van der Waals surface area contributed by atoms with Crippen LogP contribution < -0.4 is 15.4 Å². The molecule has 0 bridgehead atoms. The number of amides is 1. The van der Waals surface area contributed by atoms with Gasteiger partial charge in [0.15, 0.2) is 5.60 Å². The van der Waals surface area contributed by atoms with Crippen molar-refractivity contribution in [3.63, 3.8) is 0 Å². The van der Waals surface area contributed by atoms with Crippen LogP contribution in [0.3, 0.4) is 0 Å². The lowest BCUT2D eigenvalue weighted by Gasteiger charge is -2.37. The van der Waals surface area contributed by atoms with Crippen molar-refractivity contribution < 1.29 is 9.53 Å². The van der Waals surface area contributed by atoms with Gasteiger partial charge in [-0.1, -0.05) is 17.7 Å². The number of carbonyl (C=O) groups is 1. The Balaban J connectivity index is 1.76. The highest BCUT2D eigenvalue weighted by Gasteiger charge is 2.42. The van der Waals surface area contributed by atoms with Gasteiger partial charge in [0, 0.05) is 18.2 Å². The zero-order valence-corrected chi connectivity index (χ0v) is 15.8. The summed E-state index contributed by atoms with van der Waals surface area (Å²) < 4.78 is 6.23. The molecule has 1 fully saturated rings. The Morgan fingerprint density at radius 3 is 2.56 bits per heavy atom. The first kappa shape index (κ1) is 17.9. The van der Waals surface area contributed by atoms with Gasteiger partial charge < -0.3 is 15.4 Å². The zero-order chi connectivity index (χ0) is 17.9. The third-order valence-corrected chi connectivity index (χ3v) is 5.38. The monoisotopic (exact) mass is 359 g/mol. The van der Waals surface area contributed by atoms with Crippen LogP contribution in [0.5, 0.6) is 5.75 Å². The second-order valence-electron chi connectivity index (χ2n) is 6.65. The molecule has 1 aromatic heterocycles. The molecule has 0 radical (unpaired) electrons. The van der Waals surface area contributed by atoms with Crippen molar-refractivity contribution in [1.29, 1.82) is 0 Å². The maximum Gasteiger partial charge on any atom is 0.264 e. The number of rotatable bonds is 5.